The molecule has 2 aromatic rings. The fraction of sp³-hybridized carbons (Fsp3) is 0.292. The number of halogens is 4. The van der Waals surface area contributed by atoms with E-state index in [9.17, 15) is 32.7 Å². The normalized spacial score (nSPS) is 15.9. The standard InChI is InChI=1S/C24H24ClF3N4O5/c1-4-37-22(35)15-11-31(19-9-17(29)18(8-12(19)2)30-13(3)33)23(36)32(21(15)34)10-14-6-5-7-16(20(14)25)24(26,27)28/h5-9,11,21,34H,4,10,29H2,1-3H3,(H,30,33). The number of amides is 3. The number of alkyl halides is 3. The lowest BCUT2D eigenvalue weighted by Crippen LogP contribution is -2.52. The maximum atomic E-state index is 13.5. The summed E-state index contributed by atoms with van der Waals surface area (Å²) in [5.41, 5.74) is 5.54. The number of ether oxygens (including phenoxy) is 1. The highest BCUT2D eigenvalue weighted by atomic mass is 35.5. The van der Waals surface area contributed by atoms with Gasteiger partial charge in [0.05, 0.1) is 40.8 Å². The maximum Gasteiger partial charge on any atom is 0.417 e. The number of nitrogens with two attached hydrogens (primary N) is 1. The van der Waals surface area contributed by atoms with Crippen molar-refractivity contribution in [1.82, 2.24) is 4.90 Å². The summed E-state index contributed by atoms with van der Waals surface area (Å²) in [6.07, 6.45) is -5.51. The van der Waals surface area contributed by atoms with Crippen LogP contribution in [-0.4, -0.2) is 40.7 Å². The van der Waals surface area contributed by atoms with Crippen molar-refractivity contribution in [3.05, 3.63) is 63.8 Å². The maximum absolute atomic E-state index is 13.5. The van der Waals surface area contributed by atoms with E-state index in [0.717, 1.165) is 28.1 Å². The van der Waals surface area contributed by atoms with E-state index in [4.69, 9.17) is 22.1 Å². The average Bonchev–Trinajstić information content (AvgIpc) is 2.79. The van der Waals surface area contributed by atoms with Crippen molar-refractivity contribution in [3.63, 3.8) is 0 Å². The molecule has 0 saturated heterocycles. The van der Waals surface area contributed by atoms with Crippen molar-refractivity contribution < 1.29 is 37.4 Å². The van der Waals surface area contributed by atoms with Gasteiger partial charge in [0, 0.05) is 13.1 Å². The molecule has 37 heavy (non-hydrogen) atoms. The highest BCUT2D eigenvalue weighted by molar-refractivity contribution is 6.32. The van der Waals surface area contributed by atoms with E-state index in [-0.39, 0.29) is 35.0 Å². The van der Waals surface area contributed by atoms with Crippen LogP contribution in [0.15, 0.2) is 42.1 Å². The third-order valence-corrected chi connectivity index (χ3v) is 5.91. The number of urea groups is 1. The lowest BCUT2D eigenvalue weighted by atomic mass is 10.1. The fourth-order valence-electron chi connectivity index (χ4n) is 3.75. The van der Waals surface area contributed by atoms with E-state index in [0.29, 0.717) is 11.3 Å². The van der Waals surface area contributed by atoms with Crippen LogP contribution in [0.5, 0.6) is 0 Å². The summed E-state index contributed by atoms with van der Waals surface area (Å²) in [6, 6.07) is 5.20. The number of hydrogen-bond donors (Lipinski definition) is 3. The van der Waals surface area contributed by atoms with Gasteiger partial charge in [0.25, 0.3) is 0 Å². The Hall–Kier alpha value is -3.77. The second-order valence-corrected chi connectivity index (χ2v) is 8.52. The number of anilines is 3. The van der Waals surface area contributed by atoms with Crippen LogP contribution >= 0.6 is 11.6 Å². The van der Waals surface area contributed by atoms with Crippen LogP contribution in [0.2, 0.25) is 5.02 Å². The van der Waals surface area contributed by atoms with Gasteiger partial charge in [0.1, 0.15) is 5.57 Å². The highest BCUT2D eigenvalue weighted by Crippen LogP contribution is 2.38. The Labute approximate surface area is 215 Å². The van der Waals surface area contributed by atoms with Crippen molar-refractivity contribution in [1.29, 1.82) is 0 Å². The number of hydrogen-bond acceptors (Lipinski definition) is 6. The van der Waals surface area contributed by atoms with Crippen LogP contribution in [0.1, 0.15) is 30.5 Å². The highest BCUT2D eigenvalue weighted by Gasteiger charge is 2.40. The molecule has 2 aromatic carbocycles. The summed E-state index contributed by atoms with van der Waals surface area (Å²) in [5, 5.41) is 12.8. The monoisotopic (exact) mass is 540 g/mol. The third-order valence-electron chi connectivity index (χ3n) is 5.47. The molecule has 198 valence electrons. The quantitative estimate of drug-likeness (QED) is 0.368. The minimum atomic E-state index is -4.75. The van der Waals surface area contributed by atoms with Gasteiger partial charge in [-0.1, -0.05) is 23.7 Å². The van der Waals surface area contributed by atoms with E-state index in [2.05, 4.69) is 5.32 Å². The molecule has 4 N–H and O–H groups in total. The van der Waals surface area contributed by atoms with Crippen molar-refractivity contribution in [3.8, 4) is 0 Å². The predicted molar refractivity (Wildman–Crippen MR) is 130 cm³/mol. The Kier molecular flexibility index (Phi) is 8.03. The van der Waals surface area contributed by atoms with Gasteiger partial charge in [0.2, 0.25) is 5.91 Å². The number of rotatable bonds is 6. The van der Waals surface area contributed by atoms with E-state index in [1.807, 2.05) is 0 Å². The molecule has 9 nitrogen and oxygen atoms in total. The minimum absolute atomic E-state index is 0.0340. The first-order valence-electron chi connectivity index (χ1n) is 10.9. The number of benzene rings is 2. The summed E-state index contributed by atoms with van der Waals surface area (Å²) in [4.78, 5) is 39.4. The Morgan fingerprint density at radius 2 is 1.95 bits per heavy atom. The van der Waals surface area contributed by atoms with Crippen LogP contribution < -0.4 is 16.0 Å². The summed E-state index contributed by atoms with van der Waals surface area (Å²) in [6.45, 7) is 3.86. The van der Waals surface area contributed by atoms with Gasteiger partial charge in [-0.2, -0.15) is 13.2 Å². The lowest BCUT2D eigenvalue weighted by molar-refractivity contribution is -0.141. The Morgan fingerprint density at radius 1 is 1.27 bits per heavy atom. The predicted octanol–water partition coefficient (Wildman–Crippen LogP) is 4.42. The number of nitrogen functional groups attached to an aromatic ring is 1. The third kappa shape index (κ3) is 5.81. The minimum Gasteiger partial charge on any atom is -0.462 e. The van der Waals surface area contributed by atoms with Crippen molar-refractivity contribution >= 4 is 46.6 Å². The molecule has 1 aliphatic rings. The molecule has 3 amide bonds. The zero-order valence-electron chi connectivity index (χ0n) is 20.0. The van der Waals surface area contributed by atoms with Crippen LogP contribution in [0.4, 0.5) is 35.0 Å². The number of aliphatic hydroxyl groups is 1. The van der Waals surface area contributed by atoms with Gasteiger partial charge >= 0.3 is 18.2 Å². The zero-order chi connectivity index (χ0) is 27.7. The van der Waals surface area contributed by atoms with E-state index >= 15 is 0 Å². The molecule has 1 heterocycles. The number of aryl methyl sites for hydroxylation is 1. The summed E-state index contributed by atoms with van der Waals surface area (Å²) in [7, 11) is 0. The summed E-state index contributed by atoms with van der Waals surface area (Å²) < 4.78 is 45.1. The average molecular weight is 541 g/mol. The number of esters is 1. The molecule has 0 saturated carbocycles. The molecule has 0 radical (unpaired) electrons. The van der Waals surface area contributed by atoms with Gasteiger partial charge in [-0.25, -0.2) is 9.59 Å². The number of nitrogens with one attached hydrogen (secondary N) is 1. The van der Waals surface area contributed by atoms with Gasteiger partial charge in [-0.05, 0) is 43.2 Å². The molecular formula is C24H24ClF3N4O5. The largest absolute Gasteiger partial charge is 0.462 e. The van der Waals surface area contributed by atoms with Crippen molar-refractivity contribution in [2.24, 2.45) is 0 Å². The number of carbonyl (C=O) groups excluding carboxylic acids is 3. The number of nitrogens with zero attached hydrogens (tertiary/aromatic N) is 2. The molecule has 0 aromatic heterocycles. The van der Waals surface area contributed by atoms with Crippen LogP contribution in [-0.2, 0) is 27.0 Å². The first-order chi connectivity index (χ1) is 17.3. The van der Waals surface area contributed by atoms with E-state index in [1.54, 1.807) is 13.8 Å². The Bertz CT molecular complexity index is 1280. The van der Waals surface area contributed by atoms with Crippen molar-refractivity contribution in [2.45, 2.75) is 39.7 Å². The number of carbonyl (C=O) groups is 3. The van der Waals surface area contributed by atoms with Crippen LogP contribution in [0.3, 0.4) is 0 Å². The lowest BCUT2D eigenvalue weighted by Gasteiger charge is -2.38. The topological polar surface area (TPSA) is 125 Å². The van der Waals surface area contributed by atoms with Crippen LogP contribution in [0, 0.1) is 6.92 Å². The van der Waals surface area contributed by atoms with Gasteiger partial charge in [-0.3, -0.25) is 14.6 Å². The van der Waals surface area contributed by atoms with Crippen molar-refractivity contribution in [2.75, 3.05) is 22.6 Å². The smallest absolute Gasteiger partial charge is 0.417 e. The second kappa shape index (κ2) is 10.7. The first-order valence-corrected chi connectivity index (χ1v) is 11.3. The molecule has 0 spiro atoms. The molecule has 1 unspecified atom stereocenters. The Morgan fingerprint density at radius 3 is 2.54 bits per heavy atom. The van der Waals surface area contributed by atoms with Gasteiger partial charge in [-0.15, -0.1) is 0 Å². The Balaban J connectivity index is 2.10. The summed E-state index contributed by atoms with van der Waals surface area (Å²) >= 11 is 6.00. The molecule has 1 atom stereocenters. The fourth-order valence-corrected chi connectivity index (χ4v) is 4.04. The first kappa shape index (κ1) is 27.8. The second-order valence-electron chi connectivity index (χ2n) is 8.14. The molecule has 1 aliphatic heterocycles. The molecule has 3 rings (SSSR count). The molecule has 0 bridgehead atoms. The van der Waals surface area contributed by atoms with Gasteiger partial charge in [0.15, 0.2) is 6.23 Å². The zero-order valence-corrected chi connectivity index (χ0v) is 20.8. The van der Waals surface area contributed by atoms with E-state index in [1.165, 1.54) is 25.1 Å². The van der Waals surface area contributed by atoms with E-state index < -0.39 is 41.5 Å². The van der Waals surface area contributed by atoms with Gasteiger partial charge < -0.3 is 20.9 Å². The van der Waals surface area contributed by atoms with Crippen LogP contribution in [0.25, 0.3) is 0 Å². The number of aliphatic hydroxyl groups excluding tert-OH is 1. The molecule has 0 fully saturated rings. The molecule has 13 heteroatoms. The SMILES string of the molecule is CCOC(=O)C1=CN(c2cc(N)c(NC(C)=O)cc2C)C(=O)N(Cc2cccc(C(F)(F)F)c2Cl)C1O. The molecular weight excluding hydrogens is 517 g/mol. The molecule has 0 aliphatic carbocycles. The summed E-state index contributed by atoms with van der Waals surface area (Å²) in [5.74, 6) is -1.31.